The van der Waals surface area contributed by atoms with Crippen LogP contribution in [0, 0.1) is 50.7 Å². The van der Waals surface area contributed by atoms with E-state index in [2.05, 4.69) is 54.5 Å². The van der Waals surface area contributed by atoms with Gasteiger partial charge in [-0.05, 0) is 129 Å². The Balaban J connectivity index is 1.41. The molecule has 0 heterocycles. The molecule has 0 aromatic carbocycles. The average Bonchev–Trinajstić information content (AvgIpc) is 3.27. The summed E-state index contributed by atoms with van der Waals surface area (Å²) in [6, 6.07) is 0. The molecule has 0 aliphatic heterocycles. The summed E-state index contributed by atoms with van der Waals surface area (Å²) in [7, 11) is 0. The lowest BCUT2D eigenvalue weighted by Crippen LogP contribution is -2.57. The lowest BCUT2D eigenvalue weighted by Gasteiger charge is -2.63. The van der Waals surface area contributed by atoms with E-state index in [0.717, 1.165) is 30.6 Å². The second kappa shape index (κ2) is 7.09. The van der Waals surface area contributed by atoms with E-state index in [1.54, 1.807) is 0 Å². The van der Waals surface area contributed by atoms with Gasteiger partial charge in [0.1, 0.15) is 0 Å². The Morgan fingerprint density at radius 3 is 2.22 bits per heavy atom. The molecule has 0 amide bonds. The fraction of sp³-hybridized carbons (Fsp3) is 0.933. The van der Waals surface area contributed by atoms with Gasteiger partial charge in [0.05, 0.1) is 12.2 Å². The predicted molar refractivity (Wildman–Crippen MR) is 132 cm³/mol. The van der Waals surface area contributed by atoms with Crippen molar-refractivity contribution in [2.24, 2.45) is 50.7 Å². The Bertz CT molecular complexity index is 795. The standard InChI is InChI=1S/C30H50O2/c1-19(2)16-21(31)17-20(3)22-10-12-28(7)24-9-8-23-26(4,5)25(32)11-13-29(23)18-30(24,29)15-14-27(22,28)6/h16,20-25,31-32H,8-15,17-18H2,1-7H3/t20-,21-,22-,23+,24+,25+,27-,28+,29-,30+/m1/s1. The van der Waals surface area contributed by atoms with Crippen molar-refractivity contribution in [2.75, 3.05) is 0 Å². The normalized spacial score (nSPS) is 52.7. The lowest BCUT2D eigenvalue weighted by molar-refractivity contribution is -0.161. The van der Waals surface area contributed by atoms with Crippen LogP contribution in [0.1, 0.15) is 113 Å². The summed E-state index contributed by atoms with van der Waals surface area (Å²) in [6.07, 6.45) is 14.6. The fourth-order valence-electron chi connectivity index (χ4n) is 11.3. The van der Waals surface area contributed by atoms with Gasteiger partial charge in [-0.3, -0.25) is 0 Å². The third kappa shape index (κ3) is 2.78. The number of fused-ring (bicyclic) bond motifs is 2. The summed E-state index contributed by atoms with van der Waals surface area (Å²) in [5.41, 5.74) is 3.27. The highest BCUT2D eigenvalue weighted by Crippen LogP contribution is 2.89. The summed E-state index contributed by atoms with van der Waals surface area (Å²) >= 11 is 0. The minimum atomic E-state index is -0.293. The molecule has 2 spiro atoms. The number of hydrogen-bond donors (Lipinski definition) is 2. The zero-order valence-corrected chi connectivity index (χ0v) is 22.0. The maximum atomic E-state index is 10.8. The van der Waals surface area contributed by atoms with Crippen LogP contribution in [0.3, 0.4) is 0 Å². The van der Waals surface area contributed by atoms with Crippen LogP contribution < -0.4 is 0 Å². The van der Waals surface area contributed by atoms with Crippen molar-refractivity contribution >= 4 is 0 Å². The molecule has 2 nitrogen and oxygen atoms in total. The van der Waals surface area contributed by atoms with E-state index in [0.29, 0.717) is 27.6 Å². The van der Waals surface area contributed by atoms with Gasteiger partial charge >= 0.3 is 0 Å². The van der Waals surface area contributed by atoms with Gasteiger partial charge < -0.3 is 10.2 Å². The van der Waals surface area contributed by atoms with E-state index in [9.17, 15) is 10.2 Å². The first kappa shape index (κ1) is 23.4. The van der Waals surface area contributed by atoms with Crippen molar-refractivity contribution in [1.29, 1.82) is 0 Å². The minimum Gasteiger partial charge on any atom is -0.393 e. The van der Waals surface area contributed by atoms with Crippen LogP contribution >= 0.6 is 0 Å². The van der Waals surface area contributed by atoms with Crippen LogP contribution in [-0.2, 0) is 0 Å². The first-order valence-electron chi connectivity index (χ1n) is 13.9. The van der Waals surface area contributed by atoms with Crippen LogP contribution in [0.2, 0.25) is 0 Å². The molecule has 0 aromatic heterocycles. The Morgan fingerprint density at radius 1 is 0.875 bits per heavy atom. The Labute approximate surface area is 197 Å². The molecule has 10 atom stereocenters. The maximum Gasteiger partial charge on any atom is 0.0726 e. The van der Waals surface area contributed by atoms with E-state index in [4.69, 9.17) is 0 Å². The maximum absolute atomic E-state index is 10.8. The van der Waals surface area contributed by atoms with Gasteiger partial charge in [0.2, 0.25) is 0 Å². The van der Waals surface area contributed by atoms with E-state index >= 15 is 0 Å². The zero-order chi connectivity index (χ0) is 23.3. The summed E-state index contributed by atoms with van der Waals surface area (Å²) in [6.45, 7) is 16.7. The molecular weight excluding hydrogens is 392 g/mol. The number of rotatable bonds is 4. The number of aliphatic hydroxyl groups is 2. The van der Waals surface area contributed by atoms with Gasteiger partial charge in [-0.15, -0.1) is 0 Å². The first-order valence-corrected chi connectivity index (χ1v) is 13.9. The predicted octanol–water partition coefficient (Wildman–Crippen LogP) is 7.14. The Morgan fingerprint density at radius 2 is 1.53 bits per heavy atom. The molecule has 182 valence electrons. The summed E-state index contributed by atoms with van der Waals surface area (Å²) in [5.74, 6) is 2.91. The second-order valence-corrected chi connectivity index (χ2v) is 14.6. The van der Waals surface area contributed by atoms with Crippen molar-refractivity contribution in [2.45, 2.75) is 125 Å². The second-order valence-electron chi connectivity index (χ2n) is 14.6. The molecule has 32 heavy (non-hydrogen) atoms. The van der Waals surface area contributed by atoms with Gasteiger partial charge in [0, 0.05) is 0 Å². The minimum absolute atomic E-state index is 0.0855. The highest BCUT2D eigenvalue weighted by atomic mass is 16.3. The summed E-state index contributed by atoms with van der Waals surface area (Å²) < 4.78 is 0. The molecule has 0 radical (unpaired) electrons. The highest BCUT2D eigenvalue weighted by Gasteiger charge is 2.82. The van der Waals surface area contributed by atoms with Crippen LogP contribution in [0.5, 0.6) is 0 Å². The molecule has 5 rings (SSSR count). The summed E-state index contributed by atoms with van der Waals surface area (Å²) in [5, 5.41) is 21.5. The van der Waals surface area contributed by atoms with Crippen molar-refractivity contribution in [3.63, 3.8) is 0 Å². The average molecular weight is 443 g/mol. The Hall–Kier alpha value is -0.340. The fourth-order valence-corrected chi connectivity index (χ4v) is 11.3. The van der Waals surface area contributed by atoms with E-state index < -0.39 is 0 Å². The van der Waals surface area contributed by atoms with Gasteiger partial charge in [-0.2, -0.15) is 0 Å². The van der Waals surface area contributed by atoms with E-state index in [1.807, 2.05) is 0 Å². The monoisotopic (exact) mass is 442 g/mol. The van der Waals surface area contributed by atoms with Gasteiger partial charge in [-0.25, -0.2) is 0 Å². The molecule has 5 aliphatic rings. The molecule has 5 fully saturated rings. The smallest absolute Gasteiger partial charge is 0.0726 e. The van der Waals surface area contributed by atoms with Gasteiger partial charge in [0.25, 0.3) is 0 Å². The van der Waals surface area contributed by atoms with Crippen molar-refractivity contribution in [3.8, 4) is 0 Å². The van der Waals surface area contributed by atoms with E-state index in [-0.39, 0.29) is 17.6 Å². The van der Waals surface area contributed by atoms with E-state index in [1.165, 1.54) is 56.9 Å². The van der Waals surface area contributed by atoms with Crippen LogP contribution in [0.4, 0.5) is 0 Å². The summed E-state index contributed by atoms with van der Waals surface area (Å²) in [4.78, 5) is 0. The first-order chi connectivity index (χ1) is 14.8. The van der Waals surface area contributed by atoms with Crippen molar-refractivity contribution < 1.29 is 10.2 Å². The van der Waals surface area contributed by atoms with Crippen LogP contribution in [-0.4, -0.2) is 22.4 Å². The van der Waals surface area contributed by atoms with Gasteiger partial charge in [-0.1, -0.05) is 46.3 Å². The lowest BCUT2D eigenvalue weighted by atomic mass is 9.41. The van der Waals surface area contributed by atoms with Crippen molar-refractivity contribution in [3.05, 3.63) is 11.6 Å². The van der Waals surface area contributed by atoms with Crippen LogP contribution in [0.25, 0.3) is 0 Å². The molecular formula is C30H50O2. The molecule has 0 unspecified atom stereocenters. The number of hydrogen-bond acceptors (Lipinski definition) is 2. The quantitative estimate of drug-likeness (QED) is 0.454. The van der Waals surface area contributed by atoms with Crippen LogP contribution in [0.15, 0.2) is 11.6 Å². The largest absolute Gasteiger partial charge is 0.393 e. The zero-order valence-electron chi connectivity index (χ0n) is 22.0. The SMILES string of the molecule is CC(C)=C[C@@H](O)C[C@@H](C)[C@H]1CC[C@@]2(C)[C@@H]3CC[C@H]4C(C)(C)[C@@H](O)CC[C@@]45C[C@@]35CC[C@]12C. The number of aliphatic hydroxyl groups excluding tert-OH is 2. The topological polar surface area (TPSA) is 40.5 Å². The molecule has 0 aromatic rings. The molecule has 0 bridgehead atoms. The highest BCUT2D eigenvalue weighted by molar-refractivity contribution is 5.30. The van der Waals surface area contributed by atoms with Crippen molar-refractivity contribution in [1.82, 2.24) is 0 Å². The molecule has 2 N–H and O–H groups in total. The molecule has 5 saturated carbocycles. The molecule has 5 aliphatic carbocycles. The third-order valence-electron chi connectivity index (χ3n) is 13.0. The molecule has 2 heteroatoms. The van der Waals surface area contributed by atoms with Gasteiger partial charge in [0.15, 0.2) is 0 Å². The Kier molecular flexibility index (Phi) is 5.19. The number of allylic oxidation sites excluding steroid dienone is 1. The molecule has 0 saturated heterocycles. The third-order valence-corrected chi connectivity index (χ3v) is 13.0.